The summed E-state index contributed by atoms with van der Waals surface area (Å²) in [6, 6.07) is 6.42. The third-order valence-electron chi connectivity index (χ3n) is 1.22. The fourth-order valence-electron chi connectivity index (χ4n) is 0.664. The second-order valence-electron chi connectivity index (χ2n) is 2.03. The van der Waals surface area contributed by atoms with Crippen LogP contribution in [0.4, 0.5) is 4.39 Å². The third-order valence-corrected chi connectivity index (χ3v) is 2.17. The van der Waals surface area contributed by atoms with E-state index in [9.17, 15) is 4.39 Å². The van der Waals surface area contributed by atoms with Crippen LogP contribution in [0.3, 0.4) is 0 Å². The maximum atomic E-state index is 12.3. The SMILES string of the molecule is C=[C]([SnH])c1ccc(F)cc1. The number of hydrogen-bond acceptors (Lipinski definition) is 0. The summed E-state index contributed by atoms with van der Waals surface area (Å²) in [6.45, 7) is 3.79. The van der Waals surface area contributed by atoms with E-state index in [4.69, 9.17) is 0 Å². The Morgan fingerprint density at radius 1 is 1.30 bits per heavy atom. The van der Waals surface area contributed by atoms with Gasteiger partial charge in [0.2, 0.25) is 0 Å². The summed E-state index contributed by atoms with van der Waals surface area (Å²) in [5, 5.41) is 0. The summed E-state index contributed by atoms with van der Waals surface area (Å²) in [7, 11) is 0. The zero-order valence-corrected chi connectivity index (χ0v) is 8.77. The summed E-state index contributed by atoms with van der Waals surface area (Å²) < 4.78 is 13.4. The van der Waals surface area contributed by atoms with E-state index in [0.29, 0.717) is 0 Å². The minimum absolute atomic E-state index is 0.189. The van der Waals surface area contributed by atoms with E-state index in [0.717, 1.165) is 31.7 Å². The number of hydrogen-bond donors (Lipinski definition) is 0. The van der Waals surface area contributed by atoms with Gasteiger partial charge >= 0.3 is 72.7 Å². The predicted molar refractivity (Wildman–Crippen MR) is 42.6 cm³/mol. The van der Waals surface area contributed by atoms with E-state index >= 15 is 0 Å². The minimum atomic E-state index is -0.189. The van der Waals surface area contributed by atoms with Crippen molar-refractivity contribution in [1.82, 2.24) is 0 Å². The van der Waals surface area contributed by atoms with Gasteiger partial charge in [-0.25, -0.2) is 0 Å². The average molecular weight is 241 g/mol. The molecule has 0 aromatic heterocycles. The van der Waals surface area contributed by atoms with Crippen molar-refractivity contribution in [3.05, 3.63) is 42.2 Å². The first-order valence-corrected chi connectivity index (χ1v) is 4.55. The van der Waals surface area contributed by atoms with Gasteiger partial charge in [0, 0.05) is 0 Å². The monoisotopic (exact) mass is 242 g/mol. The van der Waals surface area contributed by atoms with Crippen LogP contribution in [0.5, 0.6) is 0 Å². The standard InChI is InChI=1S/C8H6F.Sn.H/c1-2-7-3-5-8(9)6-4-7;;/h3-6H,1H2;;. The molecule has 0 bridgehead atoms. The maximum absolute atomic E-state index is 12.3. The third kappa shape index (κ3) is 1.84. The molecule has 1 aromatic rings. The predicted octanol–water partition coefficient (Wildman–Crippen LogP) is 1.70. The Bertz CT molecular complexity index is 238. The van der Waals surface area contributed by atoms with Crippen molar-refractivity contribution in [2.24, 2.45) is 0 Å². The van der Waals surface area contributed by atoms with E-state index in [-0.39, 0.29) is 5.82 Å². The van der Waals surface area contributed by atoms with Crippen LogP contribution in [0.15, 0.2) is 30.8 Å². The Hall–Kier alpha value is -0.311. The van der Waals surface area contributed by atoms with Crippen LogP contribution >= 0.6 is 0 Å². The molecule has 0 spiro atoms. The van der Waals surface area contributed by atoms with Crippen LogP contribution in [-0.2, 0) is 0 Å². The van der Waals surface area contributed by atoms with Crippen LogP contribution in [-0.4, -0.2) is 22.5 Å². The Morgan fingerprint density at radius 3 is 2.20 bits per heavy atom. The molecule has 0 amide bonds. The Labute approximate surface area is 72.8 Å². The Morgan fingerprint density at radius 2 is 1.80 bits per heavy atom. The molecule has 0 fully saturated rings. The summed E-state index contributed by atoms with van der Waals surface area (Å²) in [5.74, 6) is -0.189. The van der Waals surface area contributed by atoms with Crippen molar-refractivity contribution >= 4 is 26.1 Å². The molecule has 1 rings (SSSR count). The quantitative estimate of drug-likeness (QED) is 0.656. The Kier molecular flexibility index (Phi) is 2.49. The van der Waals surface area contributed by atoms with E-state index in [1.165, 1.54) is 12.1 Å². The van der Waals surface area contributed by atoms with Gasteiger partial charge in [-0.2, -0.15) is 0 Å². The van der Waals surface area contributed by atoms with E-state index < -0.39 is 0 Å². The van der Waals surface area contributed by atoms with E-state index in [2.05, 4.69) is 6.58 Å². The molecule has 0 aliphatic rings. The molecule has 0 saturated carbocycles. The average Bonchev–Trinajstić information content (AvgIpc) is 1.88. The zero-order chi connectivity index (χ0) is 7.56. The van der Waals surface area contributed by atoms with Crippen molar-refractivity contribution in [3.63, 3.8) is 0 Å². The van der Waals surface area contributed by atoms with Gasteiger partial charge in [-0.3, -0.25) is 0 Å². The second kappa shape index (κ2) is 3.19. The van der Waals surface area contributed by atoms with Crippen molar-refractivity contribution in [3.8, 4) is 0 Å². The number of halogens is 1. The van der Waals surface area contributed by atoms with Crippen LogP contribution in [0.2, 0.25) is 0 Å². The molecule has 0 saturated heterocycles. The molecule has 10 heavy (non-hydrogen) atoms. The number of benzene rings is 1. The van der Waals surface area contributed by atoms with Gasteiger partial charge in [-0.15, -0.1) is 0 Å². The van der Waals surface area contributed by atoms with Gasteiger partial charge in [0.15, 0.2) is 0 Å². The fraction of sp³-hybridized carbons (Fsp3) is 0. The van der Waals surface area contributed by atoms with Crippen LogP contribution in [0, 0.1) is 5.82 Å². The Balaban J connectivity index is 3.00. The molecule has 50 valence electrons. The number of rotatable bonds is 1. The van der Waals surface area contributed by atoms with Crippen molar-refractivity contribution in [2.45, 2.75) is 0 Å². The summed E-state index contributed by atoms with van der Waals surface area (Å²) >= 11 is 0.999. The van der Waals surface area contributed by atoms with Gasteiger partial charge < -0.3 is 0 Å². The summed E-state index contributed by atoms with van der Waals surface area (Å²) in [5.41, 5.74) is 1.05. The van der Waals surface area contributed by atoms with Gasteiger partial charge in [0.05, 0.1) is 0 Å². The zero-order valence-electron chi connectivity index (χ0n) is 5.47. The topological polar surface area (TPSA) is 0 Å². The van der Waals surface area contributed by atoms with Gasteiger partial charge in [-0.1, -0.05) is 0 Å². The molecule has 0 nitrogen and oxygen atoms in total. The normalized spacial score (nSPS) is 9.40. The van der Waals surface area contributed by atoms with Crippen molar-refractivity contribution in [2.75, 3.05) is 0 Å². The molecule has 2 radical (unpaired) electrons. The van der Waals surface area contributed by atoms with Gasteiger partial charge in [-0.05, 0) is 0 Å². The molecule has 0 unspecified atom stereocenters. The summed E-state index contributed by atoms with van der Waals surface area (Å²) in [6.07, 6.45) is 0. The fourth-order valence-corrected chi connectivity index (χ4v) is 1.21. The first kappa shape index (κ1) is 7.79. The summed E-state index contributed by atoms with van der Waals surface area (Å²) in [4.78, 5) is 0. The van der Waals surface area contributed by atoms with Gasteiger partial charge in [0.1, 0.15) is 0 Å². The molecule has 2 heteroatoms. The molecule has 1 aromatic carbocycles. The van der Waals surface area contributed by atoms with Crippen LogP contribution in [0.1, 0.15) is 5.56 Å². The van der Waals surface area contributed by atoms with Crippen molar-refractivity contribution in [1.29, 1.82) is 0 Å². The first-order valence-electron chi connectivity index (χ1n) is 2.90. The van der Waals surface area contributed by atoms with Crippen LogP contribution < -0.4 is 0 Å². The molecule has 0 heterocycles. The molecule has 0 N–H and O–H groups in total. The second-order valence-corrected chi connectivity index (χ2v) is 4.02. The molecular weight excluding hydrogens is 234 g/mol. The van der Waals surface area contributed by atoms with Crippen molar-refractivity contribution < 1.29 is 4.39 Å². The molecule has 0 aliphatic carbocycles. The first-order chi connectivity index (χ1) is 4.70. The molecular formula is C8H7FSn. The van der Waals surface area contributed by atoms with E-state index in [1.807, 2.05) is 0 Å². The molecule has 0 aliphatic heterocycles. The molecule has 0 atom stereocenters. The van der Waals surface area contributed by atoms with Gasteiger partial charge in [0.25, 0.3) is 0 Å². The van der Waals surface area contributed by atoms with E-state index in [1.54, 1.807) is 12.1 Å². The van der Waals surface area contributed by atoms with Crippen LogP contribution in [0.25, 0.3) is 3.59 Å².